The third kappa shape index (κ3) is 13.5. The van der Waals surface area contributed by atoms with Gasteiger partial charge in [-0.05, 0) is 35.1 Å². The molecule has 322 valence electrons. The van der Waals surface area contributed by atoms with Gasteiger partial charge in [0.15, 0.2) is 0 Å². The first-order valence-electron chi connectivity index (χ1n) is 22.5. The third-order valence-electron chi connectivity index (χ3n) is 11.5. The average molecular weight is 877 g/mol. The van der Waals surface area contributed by atoms with E-state index in [2.05, 4.69) is 252 Å². The molecule has 8 aromatic carbocycles. The highest BCUT2D eigenvalue weighted by atomic mass is 31.1. The fourth-order valence-electron chi connectivity index (χ4n) is 8.20. The molecule has 0 aliphatic heterocycles. The first-order chi connectivity index (χ1) is 31.7. The van der Waals surface area contributed by atoms with Gasteiger partial charge in [-0.15, -0.1) is 0 Å². The Labute approximate surface area is 383 Å². The number of hydrogen-bond acceptors (Lipinski definition) is 4. The first kappa shape index (κ1) is 45.0. The van der Waals surface area contributed by atoms with Crippen molar-refractivity contribution < 1.29 is 9.05 Å². The molecule has 8 rings (SSSR count). The molecule has 0 radical (unpaired) electrons. The summed E-state index contributed by atoms with van der Waals surface area (Å²) in [4.78, 5) is 5.37. The lowest BCUT2D eigenvalue weighted by Crippen LogP contribution is -2.47. The molecule has 0 saturated carbocycles. The van der Waals surface area contributed by atoms with Crippen LogP contribution in [0.3, 0.4) is 0 Å². The summed E-state index contributed by atoms with van der Waals surface area (Å²) < 4.78 is 14.5. The van der Waals surface area contributed by atoms with Crippen molar-refractivity contribution in [3.63, 3.8) is 0 Å². The predicted molar refractivity (Wildman–Crippen MR) is 272 cm³/mol. The maximum Gasteiger partial charge on any atom is 0.0918 e. The Kier molecular flexibility index (Phi) is 17.2. The quantitative estimate of drug-likeness (QED) is 0.0598. The van der Waals surface area contributed by atoms with Crippen LogP contribution in [0.4, 0.5) is 0 Å². The zero-order chi connectivity index (χ0) is 43.4. The van der Waals surface area contributed by atoms with Gasteiger partial charge in [0.1, 0.15) is 0 Å². The van der Waals surface area contributed by atoms with Gasteiger partial charge >= 0.3 is 0 Å². The van der Waals surface area contributed by atoms with Crippen LogP contribution < -0.4 is 21.2 Å². The fraction of sp³-hybridized carbons (Fsp3) is 0.172. The Hall–Kier alpha value is -5.54. The largest absolute Gasteiger partial charge is 0.348 e. The van der Waals surface area contributed by atoms with Gasteiger partial charge in [0, 0.05) is 59.5 Å². The highest BCUT2D eigenvalue weighted by Crippen LogP contribution is 2.37. The van der Waals surface area contributed by atoms with Crippen molar-refractivity contribution in [1.82, 2.24) is 9.80 Å². The van der Waals surface area contributed by atoms with Crippen molar-refractivity contribution in [2.24, 2.45) is 0 Å². The first-order valence-corrected chi connectivity index (χ1v) is 25.0. The van der Waals surface area contributed by atoms with Crippen LogP contribution in [0, 0.1) is 0 Å². The van der Waals surface area contributed by atoms with E-state index in [1.54, 1.807) is 0 Å². The second-order valence-electron chi connectivity index (χ2n) is 16.1. The molecule has 0 aliphatic rings. The molecule has 6 heteroatoms. The van der Waals surface area contributed by atoms with E-state index < -0.39 is 16.3 Å². The van der Waals surface area contributed by atoms with E-state index in [9.17, 15) is 0 Å². The minimum absolute atomic E-state index is 0.103. The molecular formula is C58H58N2O2P2. The Bertz CT molecular complexity index is 2210. The molecule has 0 N–H and O–H groups in total. The zero-order valence-corrected chi connectivity index (χ0v) is 38.3. The molecule has 8 aromatic rings. The zero-order valence-electron chi connectivity index (χ0n) is 36.5. The number of benzene rings is 8. The molecular weight excluding hydrogens is 819 g/mol. The van der Waals surface area contributed by atoms with Gasteiger partial charge < -0.3 is 9.05 Å². The van der Waals surface area contributed by atoms with Gasteiger partial charge in [0.2, 0.25) is 0 Å². The molecule has 64 heavy (non-hydrogen) atoms. The number of rotatable bonds is 23. The van der Waals surface area contributed by atoms with Crippen LogP contribution in [0.1, 0.15) is 22.3 Å². The van der Waals surface area contributed by atoms with Crippen molar-refractivity contribution in [1.29, 1.82) is 0 Å². The minimum atomic E-state index is -1.04. The Balaban J connectivity index is 1.13. The van der Waals surface area contributed by atoms with Crippen molar-refractivity contribution in [2.75, 3.05) is 26.3 Å². The molecule has 0 amide bonds. The molecule has 0 bridgehead atoms. The van der Waals surface area contributed by atoms with Crippen LogP contribution in [0.15, 0.2) is 243 Å². The van der Waals surface area contributed by atoms with Crippen molar-refractivity contribution in [2.45, 2.75) is 38.0 Å². The molecule has 0 unspecified atom stereocenters. The maximum absolute atomic E-state index is 7.24. The fourth-order valence-corrected chi connectivity index (χ4v) is 11.8. The Morgan fingerprint density at radius 2 is 0.531 bits per heavy atom. The van der Waals surface area contributed by atoms with Crippen molar-refractivity contribution in [3.05, 3.63) is 265 Å². The molecule has 0 saturated heterocycles. The number of nitrogens with zero attached hydrogens (tertiary/aromatic N) is 2. The number of hydrogen-bond donors (Lipinski definition) is 0. The molecule has 4 nitrogen and oxygen atoms in total. The van der Waals surface area contributed by atoms with E-state index >= 15 is 0 Å². The smallest absolute Gasteiger partial charge is 0.0918 e. The summed E-state index contributed by atoms with van der Waals surface area (Å²) in [6, 6.07) is 87.1. The minimum Gasteiger partial charge on any atom is -0.348 e. The maximum atomic E-state index is 7.24. The van der Waals surface area contributed by atoms with E-state index in [0.717, 1.165) is 39.0 Å². The summed E-state index contributed by atoms with van der Waals surface area (Å²) in [5, 5.41) is 4.89. The summed E-state index contributed by atoms with van der Waals surface area (Å²) in [6.07, 6.45) is 1.74. The predicted octanol–water partition coefficient (Wildman–Crippen LogP) is 11.3. The van der Waals surface area contributed by atoms with E-state index in [-0.39, 0.29) is 12.1 Å². The SMILES string of the molecule is c1ccc(C[C@H](COP(c2ccccc2)c2ccccc2)N(CCN(Cc2ccccc2)[C@@H](COP(c2ccccc2)c2ccccc2)Cc2ccccc2)Cc2ccccc2)cc1. The van der Waals surface area contributed by atoms with Gasteiger partial charge in [-0.1, -0.05) is 243 Å². The average Bonchev–Trinajstić information content (AvgIpc) is 3.37. The van der Waals surface area contributed by atoms with Crippen LogP contribution in [0.2, 0.25) is 0 Å². The highest BCUT2D eigenvalue weighted by Gasteiger charge is 2.28. The van der Waals surface area contributed by atoms with Gasteiger partial charge in [0.25, 0.3) is 0 Å². The summed E-state index contributed by atoms with van der Waals surface area (Å²) >= 11 is 0. The summed E-state index contributed by atoms with van der Waals surface area (Å²) in [6.45, 7) is 4.48. The molecule has 0 aromatic heterocycles. The topological polar surface area (TPSA) is 24.9 Å². The lowest BCUT2D eigenvalue weighted by Gasteiger charge is -2.38. The van der Waals surface area contributed by atoms with Crippen LogP contribution in [0.25, 0.3) is 0 Å². The van der Waals surface area contributed by atoms with Crippen molar-refractivity contribution in [3.8, 4) is 0 Å². The lowest BCUT2D eigenvalue weighted by molar-refractivity contribution is 0.0854. The third-order valence-corrected chi connectivity index (χ3v) is 15.4. The van der Waals surface area contributed by atoms with Gasteiger partial charge in [-0.25, -0.2) is 0 Å². The van der Waals surface area contributed by atoms with E-state index in [0.29, 0.717) is 13.2 Å². The van der Waals surface area contributed by atoms with Crippen LogP contribution >= 0.6 is 16.3 Å². The standard InChI is InChI=1S/C58H58N2O2P2/c1-9-25-49(26-10-1)43-53(47-61-63(55-33-17-5-18-34-55)56-35-19-6-20-36-56)59(45-51-29-13-3-14-30-51)41-42-60(46-52-31-15-4-16-32-52)54(44-50-27-11-2-12-28-50)48-62-64(57-37-21-7-22-38-57)58-39-23-8-24-40-58/h1-40,53-54H,41-48H2/t53-,54-/m1/s1. The van der Waals surface area contributed by atoms with Crippen LogP contribution in [-0.2, 0) is 35.0 Å². The van der Waals surface area contributed by atoms with Gasteiger partial charge in [0.05, 0.1) is 29.5 Å². The summed E-state index contributed by atoms with van der Waals surface area (Å²) in [5.74, 6) is 0. The molecule has 0 spiro atoms. The molecule has 0 aliphatic carbocycles. The molecule has 0 fully saturated rings. The second-order valence-corrected chi connectivity index (χ2v) is 19.9. The van der Waals surface area contributed by atoms with Gasteiger partial charge in [-0.3, -0.25) is 9.80 Å². The normalized spacial score (nSPS) is 12.5. The second kappa shape index (κ2) is 24.5. The molecule has 0 heterocycles. The van der Waals surface area contributed by atoms with Gasteiger partial charge in [-0.2, -0.15) is 0 Å². The lowest BCUT2D eigenvalue weighted by atomic mass is 10.0. The van der Waals surface area contributed by atoms with E-state index in [1.807, 2.05) is 0 Å². The van der Waals surface area contributed by atoms with Crippen LogP contribution in [0.5, 0.6) is 0 Å². The molecule has 2 atom stereocenters. The van der Waals surface area contributed by atoms with Crippen LogP contribution in [-0.4, -0.2) is 48.2 Å². The highest BCUT2D eigenvalue weighted by molar-refractivity contribution is 7.68. The van der Waals surface area contributed by atoms with E-state index in [4.69, 9.17) is 9.05 Å². The van der Waals surface area contributed by atoms with E-state index in [1.165, 1.54) is 43.5 Å². The summed E-state index contributed by atoms with van der Waals surface area (Å²) in [5.41, 5.74) is 5.21. The Morgan fingerprint density at radius 3 is 0.797 bits per heavy atom. The Morgan fingerprint density at radius 1 is 0.297 bits per heavy atom. The summed E-state index contributed by atoms with van der Waals surface area (Å²) in [7, 11) is -2.08. The monoisotopic (exact) mass is 876 g/mol. The van der Waals surface area contributed by atoms with Crippen molar-refractivity contribution >= 4 is 37.5 Å².